The highest BCUT2D eigenvalue weighted by Crippen LogP contribution is 2.50. The van der Waals surface area contributed by atoms with Crippen LogP contribution in [0.1, 0.15) is 38.3 Å². The molecule has 0 aromatic heterocycles. The summed E-state index contributed by atoms with van der Waals surface area (Å²) in [5, 5.41) is 14.8. The number of nitrogens with one attached hydrogen (secondary N) is 1. The minimum absolute atomic E-state index is 0.104. The third-order valence-electron chi connectivity index (χ3n) is 5.78. The molecule has 0 saturated carbocycles. The second kappa shape index (κ2) is 12.0. The molecule has 190 valence electrons. The molecule has 2 fully saturated rings. The van der Waals surface area contributed by atoms with Gasteiger partial charge in [-0.3, -0.25) is 9.69 Å². The lowest BCUT2D eigenvalue weighted by molar-refractivity contribution is -0.122. The minimum atomic E-state index is -0.104. The molecule has 2 saturated heterocycles. The fraction of sp³-hybridized carbons (Fsp3) is 0.250. The molecule has 1 amide bonds. The van der Waals surface area contributed by atoms with Crippen LogP contribution in [0.3, 0.4) is 0 Å². The Morgan fingerprint density at radius 1 is 1.19 bits per heavy atom. The average Bonchev–Trinajstić information content (AvgIpc) is 3.36. The van der Waals surface area contributed by atoms with Crippen molar-refractivity contribution in [2.75, 3.05) is 18.9 Å². The highest BCUT2D eigenvalue weighted by atomic mass is 35.5. The number of allylic oxidation sites excluding steroid dienone is 2. The number of amides is 1. The standard InChI is InChI=1S/C28H28ClN5OS2/c1-5-9-23-24(6-2)36-27(33(23)4)25-26(35)34(17-19-10-8-11-20(29)14-19)28(37-25)32-22-15-18(16-30)12-13-21(22)31-7-3/h6,8-15,31H,5,7,17H2,1-4H3/b23-9+,24-6+,27-25-,32-28?. The van der Waals surface area contributed by atoms with E-state index >= 15 is 0 Å². The highest BCUT2D eigenvalue weighted by molar-refractivity contribution is 8.19. The van der Waals surface area contributed by atoms with Gasteiger partial charge < -0.3 is 10.2 Å². The number of hydrogen-bond acceptors (Lipinski definition) is 7. The number of carbonyl (C=O) groups is 1. The maximum Gasteiger partial charge on any atom is 0.269 e. The predicted octanol–water partition coefficient (Wildman–Crippen LogP) is 7.45. The summed E-state index contributed by atoms with van der Waals surface area (Å²) in [5.74, 6) is -0.104. The molecular formula is C28H28ClN5OS2. The molecule has 0 radical (unpaired) electrons. The molecule has 2 aromatic rings. The van der Waals surface area contributed by atoms with Gasteiger partial charge in [0.1, 0.15) is 4.91 Å². The zero-order chi connectivity index (χ0) is 26.5. The first-order chi connectivity index (χ1) is 17.9. The first-order valence-corrected chi connectivity index (χ1v) is 14.0. The first kappa shape index (κ1) is 26.9. The number of benzene rings is 2. The summed E-state index contributed by atoms with van der Waals surface area (Å²) in [7, 11) is 2.00. The van der Waals surface area contributed by atoms with Crippen LogP contribution in [0.25, 0.3) is 0 Å². The Hall–Kier alpha value is -3.12. The Kier molecular flexibility index (Phi) is 8.70. The number of hydrogen-bond donors (Lipinski definition) is 1. The van der Waals surface area contributed by atoms with Crippen molar-refractivity contribution < 1.29 is 4.79 Å². The molecule has 9 heteroatoms. The van der Waals surface area contributed by atoms with E-state index in [1.165, 1.54) is 11.8 Å². The predicted molar refractivity (Wildman–Crippen MR) is 157 cm³/mol. The molecule has 0 aliphatic carbocycles. The van der Waals surface area contributed by atoms with Crippen molar-refractivity contribution in [2.45, 2.75) is 33.7 Å². The van der Waals surface area contributed by atoms with Gasteiger partial charge in [-0.05, 0) is 67.9 Å². The van der Waals surface area contributed by atoms with E-state index in [2.05, 4.69) is 35.4 Å². The average molecular weight is 550 g/mol. The van der Waals surface area contributed by atoms with Crippen molar-refractivity contribution in [3.63, 3.8) is 0 Å². The minimum Gasteiger partial charge on any atom is -0.384 e. The van der Waals surface area contributed by atoms with Gasteiger partial charge in [0.05, 0.1) is 40.3 Å². The number of amidine groups is 1. The normalized spacial score (nSPS) is 21.0. The van der Waals surface area contributed by atoms with E-state index in [0.717, 1.165) is 33.3 Å². The lowest BCUT2D eigenvalue weighted by atomic mass is 10.2. The van der Waals surface area contributed by atoms with Gasteiger partial charge in [0.2, 0.25) is 0 Å². The molecule has 0 atom stereocenters. The first-order valence-electron chi connectivity index (χ1n) is 12.0. The third kappa shape index (κ3) is 5.74. The Balaban J connectivity index is 1.83. The van der Waals surface area contributed by atoms with Crippen LogP contribution in [-0.2, 0) is 11.3 Å². The van der Waals surface area contributed by atoms with E-state index in [1.807, 2.05) is 51.2 Å². The molecule has 2 aromatic carbocycles. The molecule has 0 spiro atoms. The summed E-state index contributed by atoms with van der Waals surface area (Å²) in [6.07, 6.45) is 5.15. The number of nitrogens with zero attached hydrogens (tertiary/aromatic N) is 4. The second-order valence-electron chi connectivity index (χ2n) is 8.34. The zero-order valence-corrected chi connectivity index (χ0v) is 23.6. The van der Waals surface area contributed by atoms with E-state index in [9.17, 15) is 10.1 Å². The summed E-state index contributed by atoms with van der Waals surface area (Å²) >= 11 is 9.21. The Morgan fingerprint density at radius 3 is 2.68 bits per heavy atom. The fourth-order valence-electron chi connectivity index (χ4n) is 4.05. The molecule has 2 aliphatic rings. The van der Waals surface area contributed by atoms with Crippen molar-refractivity contribution in [2.24, 2.45) is 4.99 Å². The van der Waals surface area contributed by atoms with Gasteiger partial charge in [-0.25, -0.2) is 4.99 Å². The molecule has 0 bridgehead atoms. The van der Waals surface area contributed by atoms with Gasteiger partial charge in [-0.1, -0.05) is 54.6 Å². The molecule has 2 aliphatic heterocycles. The number of carbonyl (C=O) groups excluding carboxylic acids is 1. The number of rotatable bonds is 6. The number of halogens is 1. The zero-order valence-electron chi connectivity index (χ0n) is 21.2. The number of nitriles is 1. The summed E-state index contributed by atoms with van der Waals surface area (Å²) in [6, 6.07) is 15.0. The smallest absolute Gasteiger partial charge is 0.269 e. The van der Waals surface area contributed by atoms with Gasteiger partial charge in [-0.2, -0.15) is 5.26 Å². The molecule has 0 unspecified atom stereocenters. The monoisotopic (exact) mass is 549 g/mol. The Morgan fingerprint density at radius 2 is 2.00 bits per heavy atom. The van der Waals surface area contributed by atoms with Gasteiger partial charge in [0.15, 0.2) is 5.17 Å². The van der Waals surface area contributed by atoms with Crippen molar-refractivity contribution in [3.8, 4) is 6.07 Å². The largest absolute Gasteiger partial charge is 0.384 e. The van der Waals surface area contributed by atoms with Crippen LogP contribution in [-0.4, -0.2) is 34.5 Å². The lowest BCUT2D eigenvalue weighted by Gasteiger charge is -2.17. The third-order valence-corrected chi connectivity index (χ3v) is 8.55. The summed E-state index contributed by atoms with van der Waals surface area (Å²) in [6.45, 7) is 7.16. The number of thioether (sulfide) groups is 2. The fourth-order valence-corrected chi connectivity index (χ4v) is 6.58. The van der Waals surface area contributed by atoms with Crippen LogP contribution >= 0.6 is 35.1 Å². The maximum atomic E-state index is 13.9. The number of likely N-dealkylation sites (N-methyl/N-ethyl adjacent to an activating group) is 1. The molecule has 37 heavy (non-hydrogen) atoms. The van der Waals surface area contributed by atoms with Gasteiger partial charge in [-0.15, -0.1) is 0 Å². The molecule has 4 rings (SSSR count). The quantitative estimate of drug-likeness (QED) is 0.377. The van der Waals surface area contributed by atoms with Gasteiger partial charge in [0.25, 0.3) is 5.91 Å². The van der Waals surface area contributed by atoms with Crippen molar-refractivity contribution >= 4 is 57.6 Å². The topological polar surface area (TPSA) is 71.7 Å². The SMILES string of the molecule is C/C=C1/S/C(=C2\SC(=Nc3cc(C#N)ccc3NCC)N(Cc3cccc(Cl)c3)C2=O)N(C)/C1=C/CC. The Bertz CT molecular complexity index is 1390. The van der Waals surface area contributed by atoms with E-state index in [1.54, 1.807) is 28.8 Å². The van der Waals surface area contributed by atoms with Gasteiger partial charge in [0, 0.05) is 23.5 Å². The Labute approximate surface area is 231 Å². The van der Waals surface area contributed by atoms with Crippen molar-refractivity contribution in [1.82, 2.24) is 9.80 Å². The van der Waals surface area contributed by atoms with E-state index < -0.39 is 0 Å². The van der Waals surface area contributed by atoms with Crippen LogP contribution in [0.2, 0.25) is 5.02 Å². The van der Waals surface area contributed by atoms with Gasteiger partial charge >= 0.3 is 0 Å². The molecule has 2 heterocycles. The van der Waals surface area contributed by atoms with Crippen LogP contribution < -0.4 is 5.32 Å². The number of anilines is 1. The van der Waals surface area contributed by atoms with Crippen LogP contribution in [0, 0.1) is 11.3 Å². The van der Waals surface area contributed by atoms with E-state index in [4.69, 9.17) is 16.6 Å². The molecule has 6 nitrogen and oxygen atoms in total. The van der Waals surface area contributed by atoms with Crippen LogP contribution in [0.15, 0.2) is 80.1 Å². The second-order valence-corrected chi connectivity index (χ2v) is 10.8. The number of aliphatic imine (C=N–C) groups is 1. The highest BCUT2D eigenvalue weighted by Gasteiger charge is 2.40. The van der Waals surface area contributed by atoms with E-state index in [-0.39, 0.29) is 5.91 Å². The molecule has 1 N–H and O–H groups in total. The molecular weight excluding hydrogens is 522 g/mol. The lowest BCUT2D eigenvalue weighted by Crippen LogP contribution is -2.29. The van der Waals surface area contributed by atoms with E-state index in [0.29, 0.717) is 39.4 Å². The summed E-state index contributed by atoms with van der Waals surface area (Å²) in [4.78, 5) is 24.4. The summed E-state index contributed by atoms with van der Waals surface area (Å²) in [5.41, 5.74) is 3.95. The maximum absolute atomic E-state index is 13.9. The van der Waals surface area contributed by atoms with Crippen LogP contribution in [0.4, 0.5) is 11.4 Å². The van der Waals surface area contributed by atoms with Crippen molar-refractivity contribution in [3.05, 3.63) is 91.3 Å². The van der Waals surface area contributed by atoms with Crippen molar-refractivity contribution in [1.29, 1.82) is 5.26 Å². The summed E-state index contributed by atoms with van der Waals surface area (Å²) < 4.78 is 0. The van der Waals surface area contributed by atoms with Crippen LogP contribution in [0.5, 0.6) is 0 Å².